The fourth-order valence-electron chi connectivity index (χ4n) is 3.33. The van der Waals surface area contributed by atoms with Crippen molar-refractivity contribution in [1.82, 2.24) is 0 Å². The Hall–Kier alpha value is -4.34. The second kappa shape index (κ2) is 9.73. The molecule has 0 bridgehead atoms. The van der Waals surface area contributed by atoms with Gasteiger partial charge in [-0.25, -0.2) is 4.39 Å². The molecule has 0 aliphatic carbocycles. The Morgan fingerprint density at radius 3 is 2.42 bits per heavy atom. The highest BCUT2D eigenvalue weighted by molar-refractivity contribution is 5.92. The van der Waals surface area contributed by atoms with Crippen LogP contribution in [0.5, 0.6) is 17.2 Å². The predicted octanol–water partition coefficient (Wildman–Crippen LogP) is 6.38. The van der Waals surface area contributed by atoms with Crippen LogP contribution in [-0.2, 0) is 11.0 Å². The van der Waals surface area contributed by atoms with Crippen molar-refractivity contribution in [3.8, 4) is 17.2 Å². The Labute approximate surface area is 202 Å². The smallest absolute Gasteiger partial charge is 0.453 e. The molecule has 0 fully saturated rings. The molecule has 36 heavy (non-hydrogen) atoms. The van der Waals surface area contributed by atoms with Crippen LogP contribution < -0.4 is 20.2 Å². The van der Waals surface area contributed by atoms with Crippen LogP contribution in [0.3, 0.4) is 0 Å². The average Bonchev–Trinajstić information content (AvgIpc) is 2.82. The molecule has 1 aromatic heterocycles. The van der Waals surface area contributed by atoms with Crippen LogP contribution in [0.1, 0.15) is 16.9 Å². The summed E-state index contributed by atoms with van der Waals surface area (Å²) in [5.74, 6) is -3.53. The zero-order chi connectivity index (χ0) is 26.0. The lowest BCUT2D eigenvalue weighted by molar-refractivity contribution is -0.154. The van der Waals surface area contributed by atoms with Crippen molar-refractivity contribution in [3.63, 3.8) is 0 Å². The molecule has 0 saturated heterocycles. The van der Waals surface area contributed by atoms with Crippen molar-refractivity contribution >= 4 is 22.6 Å². The van der Waals surface area contributed by atoms with Gasteiger partial charge in [0.15, 0.2) is 6.61 Å². The number of alkyl halides is 3. The van der Waals surface area contributed by atoms with Crippen molar-refractivity contribution < 1.29 is 36.2 Å². The molecule has 0 radical (unpaired) electrons. The lowest BCUT2D eigenvalue weighted by Gasteiger charge is -2.15. The second-order valence-electron chi connectivity index (χ2n) is 7.96. The summed E-state index contributed by atoms with van der Waals surface area (Å²) in [6.07, 6.45) is -5.02. The van der Waals surface area contributed by atoms with Crippen LogP contribution in [-0.4, -0.2) is 12.5 Å². The molecular weight excluding hydrogens is 482 g/mol. The van der Waals surface area contributed by atoms with E-state index < -0.39 is 47.0 Å². The monoisotopic (exact) mass is 501 g/mol. The normalized spacial score (nSPS) is 11.4. The number of anilines is 1. The number of nitrogens with one attached hydrogen (secondary N) is 1. The summed E-state index contributed by atoms with van der Waals surface area (Å²) in [6.45, 7) is 2.88. The molecule has 0 unspecified atom stereocenters. The number of aryl methyl sites for hydroxylation is 2. The molecule has 186 valence electrons. The standard InChI is InChI=1S/C26H19F4NO5/c1-14-3-4-15(2)20(11-14)35-24-23(33)19-10-9-18(12-21(19)36-25(24)26(28,29)30)34-13-22(32)31-17-7-5-16(27)6-8-17/h3-12H,13H2,1-2H3,(H,31,32). The Morgan fingerprint density at radius 2 is 1.72 bits per heavy atom. The van der Waals surface area contributed by atoms with Gasteiger partial charge in [0.1, 0.15) is 22.9 Å². The van der Waals surface area contributed by atoms with Crippen LogP contribution in [0.2, 0.25) is 0 Å². The van der Waals surface area contributed by atoms with Gasteiger partial charge in [-0.2, -0.15) is 13.2 Å². The first-order valence-corrected chi connectivity index (χ1v) is 10.6. The number of carbonyl (C=O) groups excluding carboxylic acids is 1. The number of fused-ring (bicyclic) bond motifs is 1. The molecule has 4 aromatic rings. The minimum absolute atomic E-state index is 0.00349. The second-order valence-corrected chi connectivity index (χ2v) is 7.96. The Kier molecular flexibility index (Phi) is 6.69. The van der Waals surface area contributed by atoms with Gasteiger partial charge in [-0.05, 0) is 67.4 Å². The molecule has 0 saturated carbocycles. The number of ether oxygens (including phenoxy) is 2. The largest absolute Gasteiger partial charge is 0.484 e. The molecule has 0 spiro atoms. The van der Waals surface area contributed by atoms with E-state index in [0.717, 1.165) is 23.8 Å². The van der Waals surface area contributed by atoms with E-state index in [2.05, 4.69) is 5.32 Å². The maximum absolute atomic E-state index is 13.8. The predicted molar refractivity (Wildman–Crippen MR) is 124 cm³/mol. The third-order valence-electron chi connectivity index (χ3n) is 5.13. The van der Waals surface area contributed by atoms with Crippen molar-refractivity contribution in [2.24, 2.45) is 0 Å². The first-order valence-electron chi connectivity index (χ1n) is 10.6. The summed E-state index contributed by atoms with van der Waals surface area (Å²) >= 11 is 0. The van der Waals surface area contributed by atoms with Crippen LogP contribution in [0.4, 0.5) is 23.2 Å². The van der Waals surface area contributed by atoms with E-state index in [1.54, 1.807) is 26.0 Å². The maximum atomic E-state index is 13.8. The van der Waals surface area contributed by atoms with Crippen molar-refractivity contribution in [3.05, 3.63) is 93.6 Å². The molecule has 6 nitrogen and oxygen atoms in total. The van der Waals surface area contributed by atoms with Gasteiger partial charge < -0.3 is 19.2 Å². The summed E-state index contributed by atoms with van der Waals surface area (Å²) < 4.78 is 70.2. The maximum Gasteiger partial charge on any atom is 0.453 e. The zero-order valence-corrected chi connectivity index (χ0v) is 19.0. The van der Waals surface area contributed by atoms with E-state index in [1.165, 1.54) is 30.3 Å². The van der Waals surface area contributed by atoms with Gasteiger partial charge >= 0.3 is 6.18 Å². The van der Waals surface area contributed by atoms with Gasteiger partial charge in [0, 0.05) is 11.8 Å². The number of benzene rings is 3. The Bertz CT molecular complexity index is 1490. The zero-order valence-electron chi connectivity index (χ0n) is 19.0. The minimum atomic E-state index is -5.02. The third-order valence-corrected chi connectivity index (χ3v) is 5.13. The number of hydrogen-bond donors (Lipinski definition) is 1. The topological polar surface area (TPSA) is 77.8 Å². The van der Waals surface area contributed by atoms with Crippen LogP contribution in [0.25, 0.3) is 11.0 Å². The molecule has 0 atom stereocenters. The summed E-state index contributed by atoms with van der Waals surface area (Å²) in [6, 6.07) is 13.6. The van der Waals surface area contributed by atoms with Crippen LogP contribution >= 0.6 is 0 Å². The highest BCUT2D eigenvalue weighted by Crippen LogP contribution is 2.39. The van der Waals surface area contributed by atoms with E-state index in [0.29, 0.717) is 11.3 Å². The summed E-state index contributed by atoms with van der Waals surface area (Å²) in [5.41, 5.74) is 0.207. The van der Waals surface area contributed by atoms with Gasteiger partial charge in [-0.1, -0.05) is 12.1 Å². The van der Waals surface area contributed by atoms with E-state index in [1.807, 2.05) is 0 Å². The molecule has 4 rings (SSSR count). The Morgan fingerprint density at radius 1 is 1.00 bits per heavy atom. The number of carbonyl (C=O) groups is 1. The SMILES string of the molecule is Cc1ccc(C)c(Oc2c(C(F)(F)F)oc3cc(OCC(=O)Nc4ccc(F)cc4)ccc3c2=O)c1. The van der Waals surface area contributed by atoms with Crippen molar-refractivity contribution in [2.75, 3.05) is 11.9 Å². The lowest BCUT2D eigenvalue weighted by Crippen LogP contribution is -2.20. The quantitative estimate of drug-likeness (QED) is 0.311. The van der Waals surface area contributed by atoms with E-state index in [4.69, 9.17) is 13.9 Å². The van der Waals surface area contributed by atoms with Gasteiger partial charge in [0.2, 0.25) is 11.2 Å². The first kappa shape index (κ1) is 24.8. The van der Waals surface area contributed by atoms with E-state index in [9.17, 15) is 27.2 Å². The number of rotatable bonds is 6. The summed E-state index contributed by atoms with van der Waals surface area (Å²) in [5, 5.41) is 2.32. The minimum Gasteiger partial charge on any atom is -0.484 e. The summed E-state index contributed by atoms with van der Waals surface area (Å²) in [7, 11) is 0. The molecule has 1 heterocycles. The molecule has 0 aliphatic rings. The average molecular weight is 501 g/mol. The fourth-order valence-corrected chi connectivity index (χ4v) is 3.33. The molecule has 10 heteroatoms. The number of halogens is 4. The molecule has 1 N–H and O–H groups in total. The van der Waals surface area contributed by atoms with Crippen molar-refractivity contribution in [1.29, 1.82) is 0 Å². The third kappa shape index (κ3) is 5.48. The molecule has 1 amide bonds. The highest BCUT2D eigenvalue weighted by Gasteiger charge is 2.40. The fraction of sp³-hybridized carbons (Fsp3) is 0.154. The number of hydrogen-bond acceptors (Lipinski definition) is 5. The lowest BCUT2D eigenvalue weighted by atomic mass is 10.1. The van der Waals surface area contributed by atoms with Gasteiger partial charge in [-0.15, -0.1) is 0 Å². The van der Waals surface area contributed by atoms with Gasteiger partial charge in [0.05, 0.1) is 5.39 Å². The van der Waals surface area contributed by atoms with E-state index in [-0.39, 0.29) is 16.9 Å². The van der Waals surface area contributed by atoms with Gasteiger partial charge in [-0.3, -0.25) is 9.59 Å². The van der Waals surface area contributed by atoms with Crippen molar-refractivity contribution in [2.45, 2.75) is 20.0 Å². The van der Waals surface area contributed by atoms with E-state index >= 15 is 0 Å². The number of amides is 1. The summed E-state index contributed by atoms with van der Waals surface area (Å²) in [4.78, 5) is 25.1. The van der Waals surface area contributed by atoms with Gasteiger partial charge in [0.25, 0.3) is 11.7 Å². The van der Waals surface area contributed by atoms with Crippen LogP contribution in [0, 0.1) is 19.7 Å². The first-order chi connectivity index (χ1) is 17.0. The molecular formula is C26H19F4NO5. The Balaban J connectivity index is 1.62. The molecule has 3 aromatic carbocycles. The highest BCUT2D eigenvalue weighted by atomic mass is 19.4. The molecule has 0 aliphatic heterocycles. The van der Waals surface area contributed by atoms with Crippen LogP contribution in [0.15, 0.2) is 69.9 Å².